The largest absolute Gasteiger partial charge is 0.479 e. The highest BCUT2D eigenvalue weighted by molar-refractivity contribution is 6.31. The smallest absolute Gasteiger partial charge is 0.387 e. The minimum absolute atomic E-state index is 0.00666. The van der Waals surface area contributed by atoms with Crippen molar-refractivity contribution in [1.82, 2.24) is 9.88 Å². The number of alkyl halides is 3. The lowest BCUT2D eigenvalue weighted by Gasteiger charge is -2.31. The Hall–Kier alpha value is -3.11. The van der Waals surface area contributed by atoms with Crippen molar-refractivity contribution >= 4 is 29.6 Å². The van der Waals surface area contributed by atoms with E-state index in [4.69, 9.17) is 21.1 Å². The number of ether oxygens (including phenoxy) is 2. The Balaban J connectivity index is 1.67. The van der Waals surface area contributed by atoms with Crippen LogP contribution in [0.15, 0.2) is 30.5 Å². The zero-order valence-electron chi connectivity index (χ0n) is 20.1. The molecule has 1 aromatic carbocycles. The summed E-state index contributed by atoms with van der Waals surface area (Å²) in [6, 6.07) is 4.79. The van der Waals surface area contributed by atoms with Crippen LogP contribution in [0.25, 0.3) is 6.08 Å². The van der Waals surface area contributed by atoms with E-state index in [1.165, 1.54) is 31.3 Å². The van der Waals surface area contributed by atoms with Gasteiger partial charge in [-0.3, -0.25) is 9.78 Å². The molecule has 198 valence electrons. The van der Waals surface area contributed by atoms with Crippen molar-refractivity contribution in [1.29, 1.82) is 0 Å². The van der Waals surface area contributed by atoms with E-state index in [-0.39, 0.29) is 52.8 Å². The predicted octanol–water partition coefficient (Wildman–Crippen LogP) is 5.58. The number of rotatable bonds is 9. The number of amides is 1. The minimum atomic E-state index is -3.21. The van der Waals surface area contributed by atoms with Gasteiger partial charge in [-0.15, -0.1) is 0 Å². The fourth-order valence-corrected chi connectivity index (χ4v) is 4.80. The number of likely N-dealkylation sites (tertiary alicyclic amines) is 1. The van der Waals surface area contributed by atoms with Gasteiger partial charge in [-0.1, -0.05) is 36.7 Å². The third-order valence-corrected chi connectivity index (χ3v) is 6.77. The summed E-state index contributed by atoms with van der Waals surface area (Å²) < 4.78 is 52.7. The summed E-state index contributed by atoms with van der Waals surface area (Å²) >= 11 is 6.45. The number of carbonyl (C=O) groups excluding carboxylic acids is 1. The van der Waals surface area contributed by atoms with Gasteiger partial charge in [0.25, 0.3) is 11.8 Å². The van der Waals surface area contributed by atoms with E-state index < -0.39 is 24.5 Å². The summed E-state index contributed by atoms with van der Waals surface area (Å²) in [4.78, 5) is 30.0. The average Bonchev–Trinajstić information content (AvgIpc) is 3.39. The number of carboxylic acids is 1. The Morgan fingerprint density at radius 2 is 1.97 bits per heavy atom. The van der Waals surface area contributed by atoms with Crippen molar-refractivity contribution in [3.05, 3.63) is 63.4 Å². The lowest BCUT2D eigenvalue weighted by Crippen LogP contribution is -2.36. The fourth-order valence-electron chi connectivity index (χ4n) is 4.55. The molecule has 0 spiro atoms. The molecule has 1 aliphatic carbocycles. The summed E-state index contributed by atoms with van der Waals surface area (Å²) in [5.41, 5.74) is 0.753. The number of carbonyl (C=O) groups is 2. The number of carboxylic acid groups (broad SMARTS) is 1. The number of aromatic nitrogens is 1. The molecular formula is C26H26ClF3N2O5. The van der Waals surface area contributed by atoms with Crippen molar-refractivity contribution < 1.29 is 37.3 Å². The lowest BCUT2D eigenvalue weighted by atomic mass is 9.93. The van der Waals surface area contributed by atoms with Crippen LogP contribution < -0.4 is 4.74 Å². The van der Waals surface area contributed by atoms with Gasteiger partial charge in [0, 0.05) is 53.8 Å². The average molecular weight is 539 g/mol. The van der Waals surface area contributed by atoms with E-state index in [0.29, 0.717) is 24.2 Å². The second-order valence-electron chi connectivity index (χ2n) is 8.92. The highest BCUT2D eigenvalue weighted by Gasteiger charge is 2.43. The van der Waals surface area contributed by atoms with Gasteiger partial charge in [0.2, 0.25) is 0 Å². The molecule has 0 saturated carbocycles. The maximum Gasteiger partial charge on any atom is 0.387 e. The molecule has 7 nitrogen and oxygen atoms in total. The van der Waals surface area contributed by atoms with Crippen LogP contribution in [-0.2, 0) is 21.8 Å². The number of benzene rings is 1. The maximum atomic E-state index is 15.9. The molecule has 2 aromatic rings. The molecule has 2 atom stereocenters. The number of fused-ring (bicyclic) bond motifs is 1. The van der Waals surface area contributed by atoms with Gasteiger partial charge < -0.3 is 19.5 Å². The molecule has 37 heavy (non-hydrogen) atoms. The number of nitrogens with zero attached hydrogens (tertiary/aromatic N) is 2. The second-order valence-corrected chi connectivity index (χ2v) is 9.33. The SMILES string of the molecule is CCC(OC1(F)CC=Cc2c1ncc(Cc1ccc(C(=O)N3CCCC3)cc1Cl)c2OC(F)F)C(=O)O. The number of hydrogen-bond donors (Lipinski definition) is 1. The molecule has 1 saturated heterocycles. The van der Waals surface area contributed by atoms with E-state index in [2.05, 4.69) is 4.98 Å². The number of halogens is 4. The topological polar surface area (TPSA) is 89.0 Å². The Morgan fingerprint density at radius 1 is 1.24 bits per heavy atom. The zero-order valence-corrected chi connectivity index (χ0v) is 20.8. The molecule has 1 aromatic heterocycles. The first-order valence-electron chi connectivity index (χ1n) is 11.9. The van der Waals surface area contributed by atoms with Gasteiger partial charge in [0.1, 0.15) is 11.4 Å². The first-order valence-corrected chi connectivity index (χ1v) is 12.3. The summed E-state index contributed by atoms with van der Waals surface area (Å²) in [6.07, 6.45) is 4.05. The molecular weight excluding hydrogens is 513 g/mol. The molecule has 1 amide bonds. The van der Waals surface area contributed by atoms with Gasteiger partial charge in [-0.2, -0.15) is 8.78 Å². The highest BCUT2D eigenvalue weighted by atomic mass is 35.5. The molecule has 4 rings (SSSR count). The van der Waals surface area contributed by atoms with E-state index in [1.807, 2.05) is 0 Å². The van der Waals surface area contributed by atoms with E-state index in [9.17, 15) is 23.5 Å². The van der Waals surface area contributed by atoms with E-state index in [1.54, 1.807) is 17.0 Å². The van der Waals surface area contributed by atoms with Crippen LogP contribution in [0.4, 0.5) is 13.2 Å². The third-order valence-electron chi connectivity index (χ3n) is 6.42. The van der Waals surface area contributed by atoms with Crippen LogP contribution in [0.1, 0.15) is 65.3 Å². The zero-order chi connectivity index (χ0) is 26.7. The number of hydrogen-bond acceptors (Lipinski definition) is 5. The lowest BCUT2D eigenvalue weighted by molar-refractivity contribution is -0.203. The molecule has 1 aliphatic heterocycles. The third kappa shape index (κ3) is 5.75. The van der Waals surface area contributed by atoms with Crippen molar-refractivity contribution in [2.24, 2.45) is 0 Å². The van der Waals surface area contributed by atoms with Crippen molar-refractivity contribution in [2.45, 2.75) is 57.6 Å². The first kappa shape index (κ1) is 26.9. The molecule has 2 unspecified atom stereocenters. The van der Waals surface area contributed by atoms with E-state index in [0.717, 1.165) is 12.8 Å². The van der Waals surface area contributed by atoms with Gasteiger partial charge in [-0.25, -0.2) is 9.18 Å². The van der Waals surface area contributed by atoms with E-state index >= 15 is 4.39 Å². The second kappa shape index (κ2) is 11.1. The molecule has 1 N–H and O–H groups in total. The quantitative estimate of drug-likeness (QED) is 0.448. The predicted molar refractivity (Wildman–Crippen MR) is 130 cm³/mol. The highest BCUT2D eigenvalue weighted by Crippen LogP contribution is 2.43. The van der Waals surface area contributed by atoms with Crippen LogP contribution in [0.3, 0.4) is 0 Å². The Bertz CT molecular complexity index is 1220. The summed E-state index contributed by atoms with van der Waals surface area (Å²) in [5, 5.41) is 9.56. The number of aliphatic carboxylic acids is 1. The van der Waals surface area contributed by atoms with Crippen LogP contribution in [0, 0.1) is 0 Å². The van der Waals surface area contributed by atoms with Crippen molar-refractivity contribution in [3.8, 4) is 5.75 Å². The molecule has 2 heterocycles. The number of pyridine rings is 1. The summed E-state index contributed by atoms with van der Waals surface area (Å²) in [7, 11) is 0. The Morgan fingerprint density at radius 3 is 2.59 bits per heavy atom. The monoisotopic (exact) mass is 538 g/mol. The molecule has 1 fully saturated rings. The van der Waals surface area contributed by atoms with Crippen LogP contribution >= 0.6 is 11.6 Å². The van der Waals surface area contributed by atoms with Gasteiger partial charge >= 0.3 is 12.6 Å². The summed E-state index contributed by atoms with van der Waals surface area (Å²) in [5.74, 6) is -4.42. The van der Waals surface area contributed by atoms with Crippen LogP contribution in [-0.4, -0.2) is 52.7 Å². The molecule has 11 heteroatoms. The fraction of sp³-hybridized carbons (Fsp3) is 0.423. The maximum absolute atomic E-state index is 15.9. The summed E-state index contributed by atoms with van der Waals surface area (Å²) in [6.45, 7) is -0.316. The normalized spacial score (nSPS) is 19.7. The van der Waals surface area contributed by atoms with Gasteiger partial charge in [0.15, 0.2) is 6.10 Å². The van der Waals surface area contributed by atoms with Crippen molar-refractivity contribution in [2.75, 3.05) is 13.1 Å². The van der Waals surface area contributed by atoms with Crippen molar-refractivity contribution in [3.63, 3.8) is 0 Å². The molecule has 0 radical (unpaired) electrons. The minimum Gasteiger partial charge on any atom is -0.479 e. The van der Waals surface area contributed by atoms with Crippen LogP contribution in [0.5, 0.6) is 5.75 Å². The Kier molecular flexibility index (Phi) is 8.08. The van der Waals surface area contributed by atoms with Gasteiger partial charge in [0.05, 0.1) is 0 Å². The van der Waals surface area contributed by atoms with Crippen LogP contribution in [0.2, 0.25) is 5.02 Å². The Labute approximate surface area is 216 Å². The first-order chi connectivity index (χ1) is 17.6. The van der Waals surface area contributed by atoms with Gasteiger partial charge in [-0.05, 0) is 37.0 Å². The standard InChI is InChI=1S/C26H26ClF3N2O5/c1-2-20(24(34)35)37-26(30)9-5-6-18-21(36-25(28)29)17(14-31-22(18)26)12-15-7-8-16(13-19(15)27)23(33)32-10-3-4-11-32/h5-8,13-14,20,25H,2-4,9-12H2,1H3,(H,34,35). The molecule has 2 aliphatic rings. The molecule has 0 bridgehead atoms.